The van der Waals surface area contributed by atoms with Crippen LogP contribution in [0.1, 0.15) is 23.9 Å². The van der Waals surface area contributed by atoms with Crippen LogP contribution in [0.2, 0.25) is 0 Å². The lowest BCUT2D eigenvalue weighted by molar-refractivity contribution is -0.384. The number of hydrogen-bond donors (Lipinski definition) is 1. The fraction of sp³-hybridized carbons (Fsp3) is 0.286. The Balaban J connectivity index is 1.67. The minimum absolute atomic E-state index is 0.0625. The zero-order valence-electron chi connectivity index (χ0n) is 17.0. The fourth-order valence-electron chi connectivity index (χ4n) is 2.90. The number of carbonyl (C=O) groups excluding carboxylic acids is 1. The second-order valence-corrected chi connectivity index (χ2v) is 8.23. The van der Waals surface area contributed by atoms with Gasteiger partial charge in [-0.2, -0.15) is 0 Å². The molecule has 0 aliphatic heterocycles. The van der Waals surface area contributed by atoms with Gasteiger partial charge in [0, 0.05) is 18.7 Å². The Morgan fingerprint density at radius 2 is 1.93 bits per heavy atom. The highest BCUT2D eigenvalue weighted by molar-refractivity contribution is 8.00. The molecule has 2 aromatic carbocycles. The second kappa shape index (κ2) is 9.53. The Kier molecular flexibility index (Phi) is 6.83. The Bertz CT molecular complexity index is 1050. The predicted molar refractivity (Wildman–Crippen MR) is 117 cm³/mol. The summed E-state index contributed by atoms with van der Waals surface area (Å²) >= 11 is 1.31. The SMILES string of the molecule is Cc1ccc([N+](=O)[O-])cc1NC(=O)[C@H](C)Sc1nnc(C)n1CCc1ccccc1. The van der Waals surface area contributed by atoms with E-state index < -0.39 is 10.2 Å². The summed E-state index contributed by atoms with van der Waals surface area (Å²) in [6, 6.07) is 14.6. The standard InChI is InChI=1S/C21H23N5O3S/c1-14-9-10-18(26(28)29)13-19(14)22-20(27)15(2)30-21-24-23-16(3)25(21)12-11-17-7-5-4-6-8-17/h4-10,13,15H,11-12H2,1-3H3,(H,22,27)/t15-/m0/s1. The van der Waals surface area contributed by atoms with Crippen LogP contribution in [0.15, 0.2) is 53.7 Å². The number of nitrogens with zero attached hydrogens (tertiary/aromatic N) is 4. The first-order valence-corrected chi connectivity index (χ1v) is 10.4. The zero-order valence-corrected chi connectivity index (χ0v) is 17.8. The van der Waals surface area contributed by atoms with Gasteiger partial charge in [0.1, 0.15) is 5.82 Å². The highest BCUT2D eigenvalue weighted by atomic mass is 32.2. The molecule has 0 bridgehead atoms. The Morgan fingerprint density at radius 3 is 2.63 bits per heavy atom. The monoisotopic (exact) mass is 425 g/mol. The number of benzene rings is 2. The van der Waals surface area contributed by atoms with Gasteiger partial charge in [-0.05, 0) is 38.3 Å². The van der Waals surface area contributed by atoms with E-state index in [1.807, 2.05) is 29.7 Å². The summed E-state index contributed by atoms with van der Waals surface area (Å²) in [4.78, 5) is 23.2. The molecule has 0 spiro atoms. The van der Waals surface area contributed by atoms with Crippen molar-refractivity contribution >= 4 is 29.0 Å². The van der Waals surface area contributed by atoms with Crippen LogP contribution in [-0.4, -0.2) is 30.8 Å². The van der Waals surface area contributed by atoms with Gasteiger partial charge in [-0.3, -0.25) is 14.9 Å². The van der Waals surface area contributed by atoms with Crippen LogP contribution >= 0.6 is 11.8 Å². The first-order chi connectivity index (χ1) is 14.3. The lowest BCUT2D eigenvalue weighted by Gasteiger charge is -2.14. The van der Waals surface area contributed by atoms with Crippen LogP contribution < -0.4 is 5.32 Å². The van der Waals surface area contributed by atoms with Gasteiger partial charge in [0.15, 0.2) is 5.16 Å². The number of nitro benzene ring substituents is 1. The maximum absolute atomic E-state index is 12.7. The molecule has 156 valence electrons. The number of carbonyl (C=O) groups is 1. The van der Waals surface area contributed by atoms with Gasteiger partial charge >= 0.3 is 0 Å². The molecule has 0 unspecified atom stereocenters. The lowest BCUT2D eigenvalue weighted by atomic mass is 10.1. The number of rotatable bonds is 8. The molecular weight excluding hydrogens is 402 g/mol. The summed E-state index contributed by atoms with van der Waals surface area (Å²) in [5.74, 6) is 0.537. The third kappa shape index (κ3) is 5.24. The van der Waals surface area contributed by atoms with E-state index in [1.165, 1.54) is 29.5 Å². The minimum atomic E-state index is -0.481. The number of aromatic nitrogens is 3. The first kappa shape index (κ1) is 21.5. The van der Waals surface area contributed by atoms with Crippen molar-refractivity contribution in [2.45, 2.75) is 44.1 Å². The van der Waals surface area contributed by atoms with Crippen molar-refractivity contribution in [3.8, 4) is 0 Å². The van der Waals surface area contributed by atoms with Gasteiger partial charge in [0.2, 0.25) is 5.91 Å². The number of aryl methyl sites for hydroxylation is 3. The molecule has 1 atom stereocenters. The zero-order chi connectivity index (χ0) is 21.7. The lowest BCUT2D eigenvalue weighted by Crippen LogP contribution is -2.23. The van der Waals surface area contributed by atoms with Gasteiger partial charge < -0.3 is 9.88 Å². The van der Waals surface area contributed by atoms with Crippen LogP contribution in [0.5, 0.6) is 0 Å². The molecule has 0 radical (unpaired) electrons. The van der Waals surface area contributed by atoms with E-state index in [0.29, 0.717) is 17.4 Å². The summed E-state index contributed by atoms with van der Waals surface area (Å²) in [5, 5.41) is 22.4. The van der Waals surface area contributed by atoms with Gasteiger partial charge in [0.25, 0.3) is 5.69 Å². The molecule has 0 aliphatic rings. The van der Waals surface area contributed by atoms with Crippen molar-refractivity contribution in [2.75, 3.05) is 5.32 Å². The van der Waals surface area contributed by atoms with Gasteiger partial charge in [-0.1, -0.05) is 48.2 Å². The molecule has 30 heavy (non-hydrogen) atoms. The van der Waals surface area contributed by atoms with Crippen molar-refractivity contribution in [1.82, 2.24) is 14.8 Å². The number of nitro groups is 1. The van der Waals surface area contributed by atoms with E-state index in [0.717, 1.165) is 17.8 Å². The third-order valence-electron chi connectivity index (χ3n) is 4.71. The molecule has 0 fully saturated rings. The van der Waals surface area contributed by atoms with E-state index >= 15 is 0 Å². The van der Waals surface area contributed by atoms with Crippen molar-refractivity contribution in [3.63, 3.8) is 0 Å². The van der Waals surface area contributed by atoms with Crippen LogP contribution in [0.4, 0.5) is 11.4 Å². The molecule has 0 saturated carbocycles. The summed E-state index contributed by atoms with van der Waals surface area (Å²) in [6.45, 7) is 6.17. The maximum Gasteiger partial charge on any atom is 0.271 e. The van der Waals surface area contributed by atoms with Crippen LogP contribution in [0.25, 0.3) is 0 Å². The van der Waals surface area contributed by atoms with E-state index in [2.05, 4.69) is 27.6 Å². The summed E-state index contributed by atoms with van der Waals surface area (Å²) in [5.41, 5.74) is 2.34. The molecule has 1 N–H and O–H groups in total. The molecule has 8 nitrogen and oxygen atoms in total. The number of hydrogen-bond acceptors (Lipinski definition) is 6. The predicted octanol–water partition coefficient (Wildman–Crippen LogP) is 4.17. The third-order valence-corrected chi connectivity index (χ3v) is 5.79. The Morgan fingerprint density at radius 1 is 1.20 bits per heavy atom. The molecule has 0 aliphatic carbocycles. The minimum Gasteiger partial charge on any atom is -0.325 e. The number of anilines is 1. The summed E-state index contributed by atoms with van der Waals surface area (Å²) in [6.07, 6.45) is 0.834. The van der Waals surface area contributed by atoms with Gasteiger partial charge in [-0.15, -0.1) is 10.2 Å². The normalized spacial score (nSPS) is 11.8. The van der Waals surface area contributed by atoms with Gasteiger partial charge in [0.05, 0.1) is 15.9 Å². The van der Waals surface area contributed by atoms with E-state index in [1.54, 1.807) is 19.9 Å². The number of thioether (sulfide) groups is 1. The number of non-ortho nitro benzene ring substituents is 1. The van der Waals surface area contributed by atoms with Crippen LogP contribution in [-0.2, 0) is 17.8 Å². The Hall–Kier alpha value is -3.20. The smallest absolute Gasteiger partial charge is 0.271 e. The highest BCUT2D eigenvalue weighted by Crippen LogP contribution is 2.26. The maximum atomic E-state index is 12.7. The molecular formula is C21H23N5O3S. The molecule has 0 saturated heterocycles. The van der Waals surface area contributed by atoms with Crippen molar-refractivity contribution < 1.29 is 9.72 Å². The molecule has 1 aromatic heterocycles. The quantitative estimate of drug-likeness (QED) is 0.330. The highest BCUT2D eigenvalue weighted by Gasteiger charge is 2.20. The first-order valence-electron chi connectivity index (χ1n) is 9.51. The molecule has 3 rings (SSSR count). The molecule has 9 heteroatoms. The topological polar surface area (TPSA) is 103 Å². The number of amides is 1. The average Bonchev–Trinajstić information content (AvgIpc) is 3.07. The second-order valence-electron chi connectivity index (χ2n) is 6.92. The largest absolute Gasteiger partial charge is 0.325 e. The average molecular weight is 426 g/mol. The van der Waals surface area contributed by atoms with Crippen molar-refractivity contribution in [3.05, 3.63) is 75.6 Å². The van der Waals surface area contributed by atoms with E-state index in [-0.39, 0.29) is 11.6 Å². The van der Waals surface area contributed by atoms with E-state index in [9.17, 15) is 14.9 Å². The van der Waals surface area contributed by atoms with Crippen LogP contribution in [0, 0.1) is 24.0 Å². The summed E-state index contributed by atoms with van der Waals surface area (Å²) in [7, 11) is 0. The van der Waals surface area contributed by atoms with Crippen LogP contribution in [0.3, 0.4) is 0 Å². The fourth-order valence-corrected chi connectivity index (χ4v) is 3.82. The van der Waals surface area contributed by atoms with Crippen molar-refractivity contribution in [2.24, 2.45) is 0 Å². The molecule has 3 aromatic rings. The van der Waals surface area contributed by atoms with E-state index in [4.69, 9.17) is 0 Å². The van der Waals surface area contributed by atoms with Crippen molar-refractivity contribution in [1.29, 1.82) is 0 Å². The number of nitrogens with one attached hydrogen (secondary N) is 1. The van der Waals surface area contributed by atoms with Gasteiger partial charge in [-0.25, -0.2) is 0 Å². The molecule has 1 amide bonds. The summed E-state index contributed by atoms with van der Waals surface area (Å²) < 4.78 is 2.00. The molecule has 1 heterocycles. The Labute approximate surface area is 178 Å².